The lowest BCUT2D eigenvalue weighted by molar-refractivity contribution is -0.186. The summed E-state index contributed by atoms with van der Waals surface area (Å²) in [7, 11) is 0. The molecular formula is C16H20O5. The molecule has 1 aliphatic heterocycles. The van der Waals surface area contributed by atoms with Crippen LogP contribution in [0.25, 0.3) is 0 Å². The highest BCUT2D eigenvalue weighted by Crippen LogP contribution is 2.15. The van der Waals surface area contributed by atoms with Crippen LogP contribution in [0.1, 0.15) is 25.3 Å². The second kappa shape index (κ2) is 7.78. The Labute approximate surface area is 124 Å². The van der Waals surface area contributed by atoms with Gasteiger partial charge < -0.3 is 14.2 Å². The van der Waals surface area contributed by atoms with Gasteiger partial charge in [0.2, 0.25) is 6.10 Å². The smallest absolute Gasteiger partial charge is 0.348 e. The normalized spacial score (nSPS) is 18.5. The summed E-state index contributed by atoms with van der Waals surface area (Å²) in [4.78, 5) is 22.1. The predicted octanol–water partition coefficient (Wildman–Crippen LogP) is 2.09. The highest BCUT2D eigenvalue weighted by atomic mass is 16.6. The Morgan fingerprint density at radius 1 is 1.38 bits per heavy atom. The average Bonchev–Trinajstić information content (AvgIpc) is 2.47. The van der Waals surface area contributed by atoms with Gasteiger partial charge in [-0.3, -0.25) is 4.79 Å². The number of carbonyl (C=O) groups excluding carboxylic acids is 2. The molecule has 5 nitrogen and oxygen atoms in total. The first-order valence-electron chi connectivity index (χ1n) is 7.13. The first kappa shape index (κ1) is 15.5. The number of cyclic esters (lactones) is 1. The van der Waals surface area contributed by atoms with Crippen LogP contribution in [-0.2, 0) is 30.4 Å². The van der Waals surface area contributed by atoms with Crippen molar-refractivity contribution in [3.05, 3.63) is 35.9 Å². The number of rotatable bonds is 8. The summed E-state index contributed by atoms with van der Waals surface area (Å²) in [5, 5.41) is 0. The predicted molar refractivity (Wildman–Crippen MR) is 75.3 cm³/mol. The summed E-state index contributed by atoms with van der Waals surface area (Å²) in [6.07, 6.45) is 0.247. The Kier molecular flexibility index (Phi) is 5.75. The van der Waals surface area contributed by atoms with Gasteiger partial charge in [0.1, 0.15) is 0 Å². The number of ether oxygens (including phenoxy) is 3. The number of benzene rings is 1. The van der Waals surface area contributed by atoms with Crippen LogP contribution in [0.2, 0.25) is 0 Å². The molecule has 0 N–H and O–H groups in total. The molecule has 2 rings (SSSR count). The zero-order valence-electron chi connectivity index (χ0n) is 12.1. The van der Waals surface area contributed by atoms with Crippen molar-refractivity contribution >= 4 is 11.9 Å². The van der Waals surface area contributed by atoms with Gasteiger partial charge >= 0.3 is 11.9 Å². The van der Waals surface area contributed by atoms with Crippen molar-refractivity contribution < 1.29 is 23.8 Å². The first-order valence-corrected chi connectivity index (χ1v) is 7.13. The topological polar surface area (TPSA) is 61.8 Å². The van der Waals surface area contributed by atoms with Crippen molar-refractivity contribution in [2.24, 2.45) is 5.92 Å². The van der Waals surface area contributed by atoms with E-state index in [2.05, 4.69) is 4.74 Å². The van der Waals surface area contributed by atoms with Crippen molar-refractivity contribution in [3.63, 3.8) is 0 Å². The van der Waals surface area contributed by atoms with E-state index in [0.717, 1.165) is 12.0 Å². The van der Waals surface area contributed by atoms with Crippen molar-refractivity contribution in [2.75, 3.05) is 13.2 Å². The molecule has 0 amide bonds. The maximum absolute atomic E-state index is 11.5. The van der Waals surface area contributed by atoms with Gasteiger partial charge in [0.05, 0.1) is 19.6 Å². The quantitative estimate of drug-likeness (QED) is 0.542. The molecule has 0 aromatic heterocycles. The van der Waals surface area contributed by atoms with Crippen LogP contribution in [0, 0.1) is 5.92 Å². The van der Waals surface area contributed by atoms with E-state index in [1.165, 1.54) is 0 Å². The molecule has 1 aromatic carbocycles. The maximum atomic E-state index is 11.5. The molecule has 0 bridgehead atoms. The van der Waals surface area contributed by atoms with Gasteiger partial charge in [0.25, 0.3) is 0 Å². The van der Waals surface area contributed by atoms with E-state index < -0.39 is 12.1 Å². The largest absolute Gasteiger partial charge is 0.463 e. The zero-order valence-corrected chi connectivity index (χ0v) is 12.1. The molecule has 0 aliphatic carbocycles. The minimum atomic E-state index is -0.695. The number of carbonyl (C=O) groups is 2. The minimum absolute atomic E-state index is 0.132. The first-order chi connectivity index (χ1) is 10.1. The highest BCUT2D eigenvalue weighted by molar-refractivity contribution is 5.89. The van der Waals surface area contributed by atoms with Gasteiger partial charge in [-0.1, -0.05) is 37.3 Å². The molecule has 2 atom stereocenters. The molecule has 1 aliphatic rings. The van der Waals surface area contributed by atoms with E-state index in [4.69, 9.17) is 9.47 Å². The van der Waals surface area contributed by atoms with Crippen LogP contribution in [0.4, 0.5) is 0 Å². The highest BCUT2D eigenvalue weighted by Gasteiger charge is 2.36. The molecule has 1 saturated heterocycles. The second-order valence-electron chi connectivity index (χ2n) is 5.24. The Morgan fingerprint density at radius 2 is 2.10 bits per heavy atom. The molecular weight excluding hydrogens is 272 g/mol. The summed E-state index contributed by atoms with van der Waals surface area (Å²) in [6.45, 7) is 3.52. The van der Waals surface area contributed by atoms with Crippen LogP contribution in [0.3, 0.4) is 0 Å². The van der Waals surface area contributed by atoms with E-state index >= 15 is 0 Å². The summed E-state index contributed by atoms with van der Waals surface area (Å²) < 4.78 is 15.3. The Balaban J connectivity index is 1.52. The Hall–Kier alpha value is -1.88. The fourth-order valence-corrected chi connectivity index (χ4v) is 1.88. The van der Waals surface area contributed by atoms with Crippen LogP contribution in [-0.4, -0.2) is 31.3 Å². The van der Waals surface area contributed by atoms with Gasteiger partial charge in [-0.2, -0.15) is 0 Å². The summed E-state index contributed by atoms with van der Waals surface area (Å²) >= 11 is 0. The van der Waals surface area contributed by atoms with Crippen molar-refractivity contribution in [1.82, 2.24) is 0 Å². The molecule has 2 unspecified atom stereocenters. The standard InChI is InChI=1S/C16H20O5/c1-12(10-20-16(18)14-9-15(17)21-14)7-8-19-11-13-5-3-2-4-6-13/h2-6,12,14H,7-11H2,1H3. The zero-order chi connectivity index (χ0) is 15.1. The number of hydrogen-bond donors (Lipinski definition) is 0. The van der Waals surface area contributed by atoms with E-state index in [1.54, 1.807) is 0 Å². The van der Waals surface area contributed by atoms with Gasteiger partial charge in [-0.05, 0) is 17.9 Å². The molecule has 21 heavy (non-hydrogen) atoms. The van der Waals surface area contributed by atoms with E-state index in [1.807, 2.05) is 37.3 Å². The average molecular weight is 292 g/mol. The summed E-state index contributed by atoms with van der Waals surface area (Å²) in [6, 6.07) is 9.97. The SMILES string of the molecule is CC(CCOCc1ccccc1)COC(=O)C1CC(=O)O1. The lowest BCUT2D eigenvalue weighted by atomic mass is 10.1. The van der Waals surface area contributed by atoms with Crippen LogP contribution in [0.15, 0.2) is 30.3 Å². The van der Waals surface area contributed by atoms with E-state index in [9.17, 15) is 9.59 Å². The molecule has 1 heterocycles. The summed E-state index contributed by atoms with van der Waals surface area (Å²) in [5.74, 6) is -0.591. The van der Waals surface area contributed by atoms with Gasteiger partial charge in [0.15, 0.2) is 0 Å². The van der Waals surface area contributed by atoms with Gasteiger partial charge in [0, 0.05) is 6.61 Å². The molecule has 0 spiro atoms. The van der Waals surface area contributed by atoms with Crippen molar-refractivity contribution in [3.8, 4) is 0 Å². The lowest BCUT2D eigenvalue weighted by Gasteiger charge is -2.24. The molecule has 5 heteroatoms. The third-order valence-corrected chi connectivity index (χ3v) is 3.27. The fourth-order valence-electron chi connectivity index (χ4n) is 1.88. The van der Waals surface area contributed by atoms with E-state index in [0.29, 0.717) is 19.8 Å². The molecule has 1 aromatic rings. The van der Waals surface area contributed by atoms with E-state index in [-0.39, 0.29) is 18.3 Å². The van der Waals surface area contributed by atoms with Crippen LogP contribution >= 0.6 is 0 Å². The number of hydrogen-bond acceptors (Lipinski definition) is 5. The molecule has 1 fully saturated rings. The number of esters is 2. The van der Waals surface area contributed by atoms with Crippen LogP contribution < -0.4 is 0 Å². The lowest BCUT2D eigenvalue weighted by Crippen LogP contribution is -2.40. The Bertz CT molecular complexity index is 463. The maximum Gasteiger partial charge on any atom is 0.348 e. The molecule has 114 valence electrons. The van der Waals surface area contributed by atoms with Gasteiger partial charge in [-0.15, -0.1) is 0 Å². The fraction of sp³-hybridized carbons (Fsp3) is 0.500. The van der Waals surface area contributed by atoms with Crippen molar-refractivity contribution in [2.45, 2.75) is 32.5 Å². The van der Waals surface area contributed by atoms with Gasteiger partial charge in [-0.25, -0.2) is 4.79 Å². The third kappa shape index (κ3) is 5.19. The molecule has 0 radical (unpaired) electrons. The third-order valence-electron chi connectivity index (χ3n) is 3.27. The Morgan fingerprint density at radius 3 is 2.76 bits per heavy atom. The molecule has 0 saturated carbocycles. The minimum Gasteiger partial charge on any atom is -0.463 e. The van der Waals surface area contributed by atoms with Crippen LogP contribution in [0.5, 0.6) is 0 Å². The summed E-state index contributed by atoms with van der Waals surface area (Å²) in [5.41, 5.74) is 1.14. The monoisotopic (exact) mass is 292 g/mol. The second-order valence-corrected chi connectivity index (χ2v) is 5.24. The van der Waals surface area contributed by atoms with Crippen molar-refractivity contribution in [1.29, 1.82) is 0 Å².